The minimum Gasteiger partial charge on any atom is -0.406 e. The van der Waals surface area contributed by atoms with E-state index in [2.05, 4.69) is 15.2 Å². The van der Waals surface area contributed by atoms with Gasteiger partial charge in [-0.05, 0) is 17.7 Å². The van der Waals surface area contributed by atoms with Crippen LogP contribution in [0.15, 0.2) is 36.7 Å². The largest absolute Gasteiger partial charge is 0.573 e. The van der Waals surface area contributed by atoms with Crippen LogP contribution in [0.1, 0.15) is 15.9 Å². The SMILES string of the molecule is Cn1cc(C(=O)NCc2ccc(OC(F)(F)F)cc2)cn1. The summed E-state index contributed by atoms with van der Waals surface area (Å²) >= 11 is 0. The number of carbonyl (C=O) groups is 1. The lowest BCUT2D eigenvalue weighted by molar-refractivity contribution is -0.274. The molecule has 0 spiro atoms. The van der Waals surface area contributed by atoms with Gasteiger partial charge in [0.1, 0.15) is 5.75 Å². The van der Waals surface area contributed by atoms with E-state index in [4.69, 9.17) is 0 Å². The van der Waals surface area contributed by atoms with Gasteiger partial charge in [-0.15, -0.1) is 13.2 Å². The zero-order chi connectivity index (χ0) is 15.5. The quantitative estimate of drug-likeness (QED) is 0.942. The molecular weight excluding hydrogens is 287 g/mol. The summed E-state index contributed by atoms with van der Waals surface area (Å²) < 4.78 is 41.2. The van der Waals surface area contributed by atoms with Crippen LogP contribution in [0.4, 0.5) is 13.2 Å². The molecule has 0 unspecified atom stereocenters. The Balaban J connectivity index is 1.90. The number of carbonyl (C=O) groups excluding carboxylic acids is 1. The first-order chi connectivity index (χ1) is 9.83. The summed E-state index contributed by atoms with van der Waals surface area (Å²) in [5, 5.41) is 6.51. The number of nitrogens with one attached hydrogen (secondary N) is 1. The molecule has 1 heterocycles. The van der Waals surface area contributed by atoms with Crippen molar-refractivity contribution in [2.75, 3.05) is 0 Å². The molecule has 0 atom stereocenters. The summed E-state index contributed by atoms with van der Waals surface area (Å²) in [6, 6.07) is 5.29. The van der Waals surface area contributed by atoms with Crippen molar-refractivity contribution in [2.45, 2.75) is 12.9 Å². The molecule has 1 N–H and O–H groups in total. The molecule has 0 saturated carbocycles. The monoisotopic (exact) mass is 299 g/mol. The standard InChI is InChI=1S/C13H12F3N3O2/c1-19-8-10(7-18-19)12(20)17-6-9-2-4-11(5-3-9)21-13(14,15)16/h2-5,7-8H,6H2,1H3,(H,17,20). The van der Waals surface area contributed by atoms with Crippen LogP contribution in [0.2, 0.25) is 0 Å². The van der Waals surface area contributed by atoms with Gasteiger partial charge >= 0.3 is 6.36 Å². The van der Waals surface area contributed by atoms with E-state index in [1.165, 1.54) is 35.1 Å². The highest BCUT2D eigenvalue weighted by molar-refractivity contribution is 5.93. The van der Waals surface area contributed by atoms with Gasteiger partial charge in [-0.1, -0.05) is 12.1 Å². The zero-order valence-corrected chi connectivity index (χ0v) is 11.0. The second-order valence-corrected chi connectivity index (χ2v) is 4.28. The highest BCUT2D eigenvalue weighted by Crippen LogP contribution is 2.22. The summed E-state index contributed by atoms with van der Waals surface area (Å²) in [7, 11) is 1.69. The van der Waals surface area contributed by atoms with Gasteiger partial charge in [-0.2, -0.15) is 5.10 Å². The number of aryl methyl sites for hydroxylation is 1. The molecule has 0 fully saturated rings. The lowest BCUT2D eigenvalue weighted by atomic mass is 10.2. The summed E-state index contributed by atoms with van der Waals surface area (Å²) in [4.78, 5) is 11.7. The summed E-state index contributed by atoms with van der Waals surface area (Å²) in [6.45, 7) is 0.194. The van der Waals surface area contributed by atoms with Crippen LogP contribution in [0.3, 0.4) is 0 Å². The van der Waals surface area contributed by atoms with Gasteiger partial charge in [0.05, 0.1) is 11.8 Å². The van der Waals surface area contributed by atoms with E-state index in [1.807, 2.05) is 0 Å². The van der Waals surface area contributed by atoms with Crippen molar-refractivity contribution in [3.63, 3.8) is 0 Å². The molecule has 0 aliphatic carbocycles. The maximum Gasteiger partial charge on any atom is 0.573 e. The third-order valence-corrected chi connectivity index (χ3v) is 2.58. The van der Waals surface area contributed by atoms with Crippen molar-refractivity contribution >= 4 is 5.91 Å². The number of alkyl halides is 3. The molecule has 0 aliphatic rings. The number of halogens is 3. The molecule has 1 amide bonds. The molecule has 0 saturated heterocycles. The molecule has 1 aromatic heterocycles. The number of aromatic nitrogens is 2. The highest BCUT2D eigenvalue weighted by atomic mass is 19.4. The summed E-state index contributed by atoms with van der Waals surface area (Å²) in [5.74, 6) is -0.608. The first-order valence-electron chi connectivity index (χ1n) is 5.95. The molecule has 0 radical (unpaired) electrons. The average molecular weight is 299 g/mol. The van der Waals surface area contributed by atoms with E-state index in [-0.39, 0.29) is 18.2 Å². The van der Waals surface area contributed by atoms with Gasteiger partial charge in [0.2, 0.25) is 0 Å². The average Bonchev–Trinajstić information content (AvgIpc) is 2.82. The fourth-order valence-corrected chi connectivity index (χ4v) is 1.63. The molecule has 0 aliphatic heterocycles. The number of nitrogens with zero attached hydrogens (tertiary/aromatic N) is 2. The smallest absolute Gasteiger partial charge is 0.406 e. The number of amides is 1. The third kappa shape index (κ3) is 4.51. The summed E-state index contributed by atoms with van der Waals surface area (Å²) in [5.41, 5.74) is 1.07. The van der Waals surface area contributed by atoms with E-state index in [1.54, 1.807) is 13.2 Å². The zero-order valence-electron chi connectivity index (χ0n) is 11.0. The molecule has 8 heteroatoms. The molecular formula is C13H12F3N3O2. The molecule has 0 bridgehead atoms. The van der Waals surface area contributed by atoms with Crippen LogP contribution in [0.25, 0.3) is 0 Å². The Morgan fingerprint density at radius 3 is 2.52 bits per heavy atom. The predicted molar refractivity (Wildman–Crippen MR) is 67.5 cm³/mol. The number of hydrogen-bond donors (Lipinski definition) is 1. The minimum atomic E-state index is -4.71. The van der Waals surface area contributed by atoms with Crippen molar-refractivity contribution in [3.8, 4) is 5.75 Å². The van der Waals surface area contributed by atoms with Crippen molar-refractivity contribution in [2.24, 2.45) is 7.05 Å². The first-order valence-corrected chi connectivity index (χ1v) is 5.95. The number of hydrogen-bond acceptors (Lipinski definition) is 3. The van der Waals surface area contributed by atoms with E-state index < -0.39 is 6.36 Å². The van der Waals surface area contributed by atoms with Crippen LogP contribution in [0.5, 0.6) is 5.75 Å². The highest BCUT2D eigenvalue weighted by Gasteiger charge is 2.30. The number of ether oxygens (including phenoxy) is 1. The molecule has 5 nitrogen and oxygen atoms in total. The maximum atomic E-state index is 12.0. The van der Waals surface area contributed by atoms with Crippen molar-refractivity contribution in [1.29, 1.82) is 0 Å². The Morgan fingerprint density at radius 2 is 2.00 bits per heavy atom. The topological polar surface area (TPSA) is 56.2 Å². The van der Waals surface area contributed by atoms with Gasteiger partial charge in [0.25, 0.3) is 5.91 Å². The van der Waals surface area contributed by atoms with Crippen molar-refractivity contribution in [3.05, 3.63) is 47.8 Å². The van der Waals surface area contributed by atoms with Crippen LogP contribution >= 0.6 is 0 Å². The van der Waals surface area contributed by atoms with Gasteiger partial charge in [-0.3, -0.25) is 9.48 Å². The maximum absolute atomic E-state index is 12.0. The van der Waals surface area contributed by atoms with E-state index in [9.17, 15) is 18.0 Å². The van der Waals surface area contributed by atoms with Gasteiger partial charge in [0, 0.05) is 19.8 Å². The fraction of sp³-hybridized carbons (Fsp3) is 0.231. The van der Waals surface area contributed by atoms with Gasteiger partial charge in [-0.25, -0.2) is 0 Å². The second kappa shape index (κ2) is 5.86. The van der Waals surface area contributed by atoms with Crippen LogP contribution in [-0.4, -0.2) is 22.1 Å². The van der Waals surface area contributed by atoms with Gasteiger partial charge < -0.3 is 10.1 Å². The Bertz CT molecular complexity index is 620. The predicted octanol–water partition coefficient (Wildman–Crippen LogP) is 2.25. The lowest BCUT2D eigenvalue weighted by Gasteiger charge is -2.09. The fourth-order valence-electron chi connectivity index (χ4n) is 1.63. The van der Waals surface area contributed by atoms with E-state index in [0.717, 1.165) is 0 Å². The number of rotatable bonds is 4. The Labute approximate surface area is 118 Å². The number of benzene rings is 1. The third-order valence-electron chi connectivity index (χ3n) is 2.58. The van der Waals surface area contributed by atoms with E-state index in [0.29, 0.717) is 11.1 Å². The van der Waals surface area contributed by atoms with Crippen molar-refractivity contribution < 1.29 is 22.7 Å². The van der Waals surface area contributed by atoms with Crippen LogP contribution < -0.4 is 10.1 Å². The second-order valence-electron chi connectivity index (χ2n) is 4.28. The van der Waals surface area contributed by atoms with Crippen LogP contribution in [0, 0.1) is 0 Å². The van der Waals surface area contributed by atoms with Crippen molar-refractivity contribution in [1.82, 2.24) is 15.1 Å². The van der Waals surface area contributed by atoms with E-state index >= 15 is 0 Å². The summed E-state index contributed by atoms with van der Waals surface area (Å²) in [6.07, 6.45) is -1.72. The normalized spacial score (nSPS) is 11.2. The molecule has 2 aromatic rings. The Kier molecular flexibility index (Phi) is 4.15. The molecule has 112 valence electrons. The molecule has 1 aromatic carbocycles. The van der Waals surface area contributed by atoms with Crippen LogP contribution in [-0.2, 0) is 13.6 Å². The molecule has 2 rings (SSSR count). The Morgan fingerprint density at radius 1 is 1.33 bits per heavy atom. The minimum absolute atomic E-state index is 0.194. The molecule has 21 heavy (non-hydrogen) atoms. The Hall–Kier alpha value is -2.51. The first kappa shape index (κ1) is 14.9. The lowest BCUT2D eigenvalue weighted by Crippen LogP contribution is -2.22. The van der Waals surface area contributed by atoms with Gasteiger partial charge in [0.15, 0.2) is 0 Å².